The van der Waals surface area contributed by atoms with Crippen LogP contribution in [0, 0.1) is 0 Å². The Morgan fingerprint density at radius 1 is 0.862 bits per heavy atom. The summed E-state index contributed by atoms with van der Waals surface area (Å²) in [5.74, 6) is 0.193. The molecule has 5 heteroatoms. The van der Waals surface area contributed by atoms with Crippen LogP contribution in [0.4, 0.5) is 0 Å². The molecule has 2 aromatic heterocycles. The summed E-state index contributed by atoms with van der Waals surface area (Å²) >= 11 is 0. The van der Waals surface area contributed by atoms with Crippen LogP contribution in [0.3, 0.4) is 0 Å². The molecule has 0 fully saturated rings. The van der Waals surface area contributed by atoms with Crippen molar-refractivity contribution in [2.45, 2.75) is 13.2 Å². The van der Waals surface area contributed by atoms with Crippen molar-refractivity contribution in [2.75, 3.05) is 0 Å². The second-order valence-corrected chi connectivity index (χ2v) is 6.86. The summed E-state index contributed by atoms with van der Waals surface area (Å²) in [4.78, 5) is 25.4. The van der Waals surface area contributed by atoms with Crippen molar-refractivity contribution in [3.8, 4) is 0 Å². The lowest BCUT2D eigenvalue weighted by atomic mass is 10.1. The average Bonchev–Trinajstić information content (AvgIpc) is 3.18. The van der Waals surface area contributed by atoms with Crippen LogP contribution in [-0.4, -0.2) is 10.5 Å². The molecule has 142 valence electrons. The molecule has 0 atom stereocenters. The third kappa shape index (κ3) is 3.06. The average molecular weight is 383 g/mol. The summed E-state index contributed by atoms with van der Waals surface area (Å²) in [6, 6.07) is 24.1. The molecule has 0 aliphatic heterocycles. The van der Waals surface area contributed by atoms with E-state index in [1.54, 1.807) is 12.1 Å². The van der Waals surface area contributed by atoms with E-state index in [9.17, 15) is 9.59 Å². The Kier molecular flexibility index (Phi) is 4.13. The number of fused-ring (bicyclic) bond motifs is 3. The lowest BCUT2D eigenvalue weighted by Crippen LogP contribution is -2.18. The third-order valence-corrected chi connectivity index (χ3v) is 5.02. The SMILES string of the molecule is O=C(Cn1c2ccccc2c(=O)c2ccccc21)OCc1cc2ccccc2o1. The van der Waals surface area contributed by atoms with E-state index >= 15 is 0 Å². The number of benzene rings is 3. The molecule has 5 rings (SSSR count). The summed E-state index contributed by atoms with van der Waals surface area (Å²) in [7, 11) is 0. The number of hydrogen-bond donors (Lipinski definition) is 0. The Balaban J connectivity index is 1.46. The molecule has 0 aliphatic carbocycles. The maximum atomic E-state index is 12.8. The second-order valence-electron chi connectivity index (χ2n) is 6.86. The predicted molar refractivity (Wildman–Crippen MR) is 112 cm³/mol. The number of aromatic nitrogens is 1. The molecule has 2 heterocycles. The molecule has 5 nitrogen and oxygen atoms in total. The van der Waals surface area contributed by atoms with Gasteiger partial charge in [-0.3, -0.25) is 9.59 Å². The topological polar surface area (TPSA) is 61.4 Å². The maximum Gasteiger partial charge on any atom is 0.326 e. The number of nitrogens with zero attached hydrogens (tertiary/aromatic N) is 1. The Labute approximate surface area is 165 Å². The number of furan rings is 1. The normalized spacial score (nSPS) is 11.3. The number of ether oxygens (including phenoxy) is 1. The second kappa shape index (κ2) is 6.95. The number of esters is 1. The van der Waals surface area contributed by atoms with Gasteiger partial charge in [-0.2, -0.15) is 0 Å². The van der Waals surface area contributed by atoms with E-state index in [1.807, 2.05) is 71.3 Å². The summed E-state index contributed by atoms with van der Waals surface area (Å²) in [6.07, 6.45) is 0. The summed E-state index contributed by atoms with van der Waals surface area (Å²) in [6.45, 7) is 0.0606. The molecule has 5 aromatic rings. The van der Waals surface area contributed by atoms with Gasteiger partial charge in [-0.05, 0) is 36.4 Å². The lowest BCUT2D eigenvalue weighted by Gasteiger charge is -2.14. The van der Waals surface area contributed by atoms with Gasteiger partial charge >= 0.3 is 5.97 Å². The molecule has 0 amide bonds. The van der Waals surface area contributed by atoms with Crippen LogP contribution < -0.4 is 5.43 Å². The number of carbonyl (C=O) groups is 1. The van der Waals surface area contributed by atoms with Gasteiger partial charge in [0.25, 0.3) is 0 Å². The lowest BCUT2D eigenvalue weighted by molar-refractivity contribution is -0.146. The van der Waals surface area contributed by atoms with E-state index in [0.29, 0.717) is 27.6 Å². The molecule has 0 radical (unpaired) electrons. The monoisotopic (exact) mass is 383 g/mol. The van der Waals surface area contributed by atoms with E-state index in [4.69, 9.17) is 9.15 Å². The van der Waals surface area contributed by atoms with E-state index in [-0.39, 0.29) is 18.6 Å². The number of carbonyl (C=O) groups excluding carboxylic acids is 1. The number of rotatable bonds is 4. The molecule has 0 unspecified atom stereocenters. The molecule has 0 saturated carbocycles. The first kappa shape index (κ1) is 17.3. The highest BCUT2D eigenvalue weighted by atomic mass is 16.5. The highest BCUT2D eigenvalue weighted by Crippen LogP contribution is 2.21. The van der Waals surface area contributed by atoms with Crippen molar-refractivity contribution in [2.24, 2.45) is 0 Å². The van der Waals surface area contributed by atoms with E-state index < -0.39 is 5.97 Å². The minimum absolute atomic E-state index is 0.00152. The van der Waals surface area contributed by atoms with Gasteiger partial charge in [-0.25, -0.2) is 0 Å². The van der Waals surface area contributed by atoms with Crippen LogP contribution in [0.25, 0.3) is 32.8 Å². The Morgan fingerprint density at radius 3 is 2.17 bits per heavy atom. The maximum absolute atomic E-state index is 12.8. The van der Waals surface area contributed by atoms with Crippen molar-refractivity contribution in [3.63, 3.8) is 0 Å². The first-order chi connectivity index (χ1) is 14.2. The Hall–Kier alpha value is -3.86. The zero-order valence-electron chi connectivity index (χ0n) is 15.5. The quantitative estimate of drug-likeness (QED) is 0.335. The van der Waals surface area contributed by atoms with Crippen LogP contribution in [-0.2, 0) is 22.7 Å². The van der Waals surface area contributed by atoms with Gasteiger partial charge in [-0.1, -0.05) is 42.5 Å². The highest BCUT2D eigenvalue weighted by molar-refractivity contribution is 5.94. The highest BCUT2D eigenvalue weighted by Gasteiger charge is 2.14. The Morgan fingerprint density at radius 2 is 1.48 bits per heavy atom. The number of para-hydroxylation sites is 3. The number of hydrogen-bond acceptors (Lipinski definition) is 4. The van der Waals surface area contributed by atoms with E-state index in [0.717, 1.165) is 11.0 Å². The molecule has 0 bridgehead atoms. The minimum atomic E-state index is -0.399. The van der Waals surface area contributed by atoms with Crippen molar-refractivity contribution in [1.82, 2.24) is 4.57 Å². The van der Waals surface area contributed by atoms with E-state index in [2.05, 4.69) is 0 Å². The first-order valence-electron chi connectivity index (χ1n) is 9.34. The summed E-state index contributed by atoms with van der Waals surface area (Å²) < 4.78 is 13.0. The molecular weight excluding hydrogens is 366 g/mol. The first-order valence-corrected chi connectivity index (χ1v) is 9.34. The molecular formula is C24H17NO4. The van der Waals surface area contributed by atoms with Gasteiger partial charge in [-0.15, -0.1) is 0 Å². The summed E-state index contributed by atoms with van der Waals surface area (Å²) in [5.41, 5.74) is 2.13. The minimum Gasteiger partial charge on any atom is -0.457 e. The van der Waals surface area contributed by atoms with E-state index in [1.165, 1.54) is 0 Å². The molecule has 0 N–H and O–H groups in total. The standard InChI is InChI=1S/C24H17NO4/c26-23(28-15-17-13-16-7-1-6-12-22(16)29-17)14-25-20-10-4-2-8-18(20)24(27)19-9-3-5-11-21(19)25/h1-13H,14-15H2. The molecule has 0 saturated heterocycles. The van der Waals surface area contributed by atoms with Gasteiger partial charge in [0.1, 0.15) is 24.5 Å². The fourth-order valence-corrected chi connectivity index (χ4v) is 3.68. The van der Waals surface area contributed by atoms with Gasteiger partial charge < -0.3 is 13.7 Å². The molecule has 0 spiro atoms. The molecule has 3 aromatic carbocycles. The number of pyridine rings is 1. The smallest absolute Gasteiger partial charge is 0.326 e. The Bertz CT molecular complexity index is 1330. The van der Waals surface area contributed by atoms with Crippen LogP contribution >= 0.6 is 0 Å². The van der Waals surface area contributed by atoms with Gasteiger partial charge in [0.05, 0.1) is 11.0 Å². The predicted octanol–water partition coefficient (Wildman–Crippen LogP) is 4.64. The molecule has 0 aliphatic rings. The third-order valence-electron chi connectivity index (χ3n) is 5.02. The van der Waals surface area contributed by atoms with Crippen molar-refractivity contribution < 1.29 is 13.9 Å². The zero-order valence-corrected chi connectivity index (χ0v) is 15.5. The van der Waals surface area contributed by atoms with Crippen molar-refractivity contribution in [1.29, 1.82) is 0 Å². The van der Waals surface area contributed by atoms with Crippen molar-refractivity contribution in [3.05, 3.63) is 94.8 Å². The largest absolute Gasteiger partial charge is 0.457 e. The fraction of sp³-hybridized carbons (Fsp3) is 0.0833. The molecule has 29 heavy (non-hydrogen) atoms. The van der Waals surface area contributed by atoms with Crippen LogP contribution in [0.2, 0.25) is 0 Å². The van der Waals surface area contributed by atoms with Gasteiger partial charge in [0.2, 0.25) is 0 Å². The van der Waals surface area contributed by atoms with Crippen LogP contribution in [0.15, 0.2) is 88.1 Å². The zero-order chi connectivity index (χ0) is 19.8. The van der Waals surface area contributed by atoms with Crippen LogP contribution in [0.5, 0.6) is 0 Å². The van der Waals surface area contributed by atoms with Gasteiger partial charge in [0, 0.05) is 16.2 Å². The van der Waals surface area contributed by atoms with Crippen LogP contribution in [0.1, 0.15) is 5.76 Å². The van der Waals surface area contributed by atoms with Crippen molar-refractivity contribution >= 4 is 38.7 Å². The fourth-order valence-electron chi connectivity index (χ4n) is 3.68. The van der Waals surface area contributed by atoms with Gasteiger partial charge in [0.15, 0.2) is 5.43 Å². The summed E-state index contributed by atoms with van der Waals surface area (Å²) in [5, 5.41) is 2.13.